The molecule has 1 aromatic carbocycles. The molecular formula is C14H19ClFNO. The maximum atomic E-state index is 13.1. The van der Waals surface area contributed by atoms with E-state index in [-0.39, 0.29) is 11.7 Å². The summed E-state index contributed by atoms with van der Waals surface area (Å²) in [5, 5.41) is 2.78. The van der Waals surface area contributed by atoms with Gasteiger partial charge in [0.05, 0.1) is 0 Å². The Kier molecular flexibility index (Phi) is 6.13. The van der Waals surface area contributed by atoms with Crippen LogP contribution in [-0.2, 0) is 0 Å². The number of nitrogens with one attached hydrogen (secondary N) is 1. The standard InChI is InChI=1S/C14H19ClFNO/c1-10(9-15)4-3-5-17-14(18)12-6-11(2)7-13(16)8-12/h6-8,10H,3-5,9H2,1-2H3,(H,17,18). The Balaban J connectivity index is 2.41. The summed E-state index contributed by atoms with van der Waals surface area (Å²) in [5.74, 6) is 0.490. The van der Waals surface area contributed by atoms with Crippen molar-refractivity contribution >= 4 is 17.5 Å². The SMILES string of the molecule is Cc1cc(F)cc(C(=O)NCCCC(C)CCl)c1. The van der Waals surface area contributed by atoms with Gasteiger partial charge in [-0.3, -0.25) is 4.79 Å². The fraction of sp³-hybridized carbons (Fsp3) is 0.500. The van der Waals surface area contributed by atoms with Gasteiger partial charge in [-0.1, -0.05) is 6.92 Å². The van der Waals surface area contributed by atoms with Crippen LogP contribution in [0.3, 0.4) is 0 Å². The predicted octanol–water partition coefficient (Wildman–Crippen LogP) is 3.52. The van der Waals surface area contributed by atoms with E-state index in [0.717, 1.165) is 18.4 Å². The van der Waals surface area contributed by atoms with Crippen LogP contribution in [0.15, 0.2) is 18.2 Å². The highest BCUT2D eigenvalue weighted by molar-refractivity contribution is 6.18. The number of hydrogen-bond donors (Lipinski definition) is 1. The van der Waals surface area contributed by atoms with Gasteiger partial charge in [-0.05, 0) is 49.4 Å². The third-order valence-corrected chi connectivity index (χ3v) is 3.25. The van der Waals surface area contributed by atoms with Gasteiger partial charge in [-0.25, -0.2) is 4.39 Å². The Morgan fingerprint density at radius 1 is 1.44 bits per heavy atom. The second kappa shape index (κ2) is 7.37. The van der Waals surface area contributed by atoms with Crippen molar-refractivity contribution in [2.75, 3.05) is 12.4 Å². The number of benzene rings is 1. The van der Waals surface area contributed by atoms with Gasteiger partial charge < -0.3 is 5.32 Å². The Labute approximate surface area is 113 Å². The van der Waals surface area contributed by atoms with Crippen molar-refractivity contribution in [1.82, 2.24) is 5.32 Å². The van der Waals surface area contributed by atoms with Crippen LogP contribution in [0.2, 0.25) is 0 Å². The van der Waals surface area contributed by atoms with E-state index < -0.39 is 0 Å². The first-order valence-electron chi connectivity index (χ1n) is 6.14. The summed E-state index contributed by atoms with van der Waals surface area (Å²) < 4.78 is 13.1. The number of halogens is 2. The van der Waals surface area contributed by atoms with Crippen molar-refractivity contribution in [2.45, 2.75) is 26.7 Å². The molecule has 0 aromatic heterocycles. The maximum absolute atomic E-state index is 13.1. The fourth-order valence-corrected chi connectivity index (χ4v) is 1.85. The minimum Gasteiger partial charge on any atom is -0.352 e. The molecule has 0 aliphatic heterocycles. The lowest BCUT2D eigenvalue weighted by Crippen LogP contribution is -2.25. The highest BCUT2D eigenvalue weighted by Gasteiger charge is 2.07. The van der Waals surface area contributed by atoms with Gasteiger partial charge in [0.2, 0.25) is 0 Å². The van der Waals surface area contributed by atoms with E-state index in [1.165, 1.54) is 12.1 Å². The van der Waals surface area contributed by atoms with Gasteiger partial charge in [-0.15, -0.1) is 11.6 Å². The molecule has 1 aromatic rings. The number of carbonyl (C=O) groups excluding carboxylic acids is 1. The minimum absolute atomic E-state index is 0.226. The number of carbonyl (C=O) groups is 1. The number of alkyl halides is 1. The molecule has 2 nitrogen and oxygen atoms in total. The highest BCUT2D eigenvalue weighted by atomic mass is 35.5. The van der Waals surface area contributed by atoms with Crippen molar-refractivity contribution in [3.8, 4) is 0 Å². The summed E-state index contributed by atoms with van der Waals surface area (Å²) in [5.41, 5.74) is 1.12. The van der Waals surface area contributed by atoms with Crippen molar-refractivity contribution in [3.05, 3.63) is 35.1 Å². The summed E-state index contributed by atoms with van der Waals surface area (Å²) in [4.78, 5) is 11.8. The van der Waals surface area contributed by atoms with E-state index in [0.29, 0.717) is 23.9 Å². The monoisotopic (exact) mass is 271 g/mol. The molecule has 0 fully saturated rings. The Morgan fingerprint density at radius 2 is 2.17 bits per heavy atom. The molecular weight excluding hydrogens is 253 g/mol. The predicted molar refractivity (Wildman–Crippen MR) is 72.6 cm³/mol. The van der Waals surface area contributed by atoms with E-state index in [9.17, 15) is 9.18 Å². The van der Waals surface area contributed by atoms with Crippen LogP contribution in [0.25, 0.3) is 0 Å². The zero-order valence-electron chi connectivity index (χ0n) is 10.8. The van der Waals surface area contributed by atoms with E-state index >= 15 is 0 Å². The molecule has 0 aliphatic rings. The van der Waals surface area contributed by atoms with Crippen LogP contribution in [-0.4, -0.2) is 18.3 Å². The molecule has 0 heterocycles. The van der Waals surface area contributed by atoms with Crippen LogP contribution in [0.1, 0.15) is 35.7 Å². The van der Waals surface area contributed by atoms with E-state index in [1.54, 1.807) is 13.0 Å². The molecule has 1 unspecified atom stereocenters. The highest BCUT2D eigenvalue weighted by Crippen LogP contribution is 2.09. The second-order valence-corrected chi connectivity index (χ2v) is 4.98. The van der Waals surface area contributed by atoms with Gasteiger partial charge in [0.25, 0.3) is 5.91 Å². The average molecular weight is 272 g/mol. The molecule has 0 radical (unpaired) electrons. The Bertz CT molecular complexity index is 389. The number of hydrogen-bond acceptors (Lipinski definition) is 1. The second-order valence-electron chi connectivity index (χ2n) is 4.67. The van der Waals surface area contributed by atoms with Crippen LogP contribution in [0, 0.1) is 18.7 Å². The molecule has 1 N–H and O–H groups in total. The molecule has 18 heavy (non-hydrogen) atoms. The van der Waals surface area contributed by atoms with Gasteiger partial charge in [0.15, 0.2) is 0 Å². The van der Waals surface area contributed by atoms with Crippen molar-refractivity contribution < 1.29 is 9.18 Å². The molecule has 0 saturated heterocycles. The summed E-state index contributed by atoms with van der Waals surface area (Å²) in [6, 6.07) is 4.34. The molecule has 1 atom stereocenters. The minimum atomic E-state index is -0.379. The topological polar surface area (TPSA) is 29.1 Å². The Hall–Kier alpha value is -1.09. The number of amides is 1. The van der Waals surface area contributed by atoms with Crippen molar-refractivity contribution in [2.24, 2.45) is 5.92 Å². The van der Waals surface area contributed by atoms with Crippen LogP contribution < -0.4 is 5.32 Å². The van der Waals surface area contributed by atoms with E-state index in [4.69, 9.17) is 11.6 Å². The van der Waals surface area contributed by atoms with E-state index in [1.807, 2.05) is 0 Å². The van der Waals surface area contributed by atoms with Crippen LogP contribution >= 0.6 is 11.6 Å². The smallest absolute Gasteiger partial charge is 0.251 e. The molecule has 0 aliphatic carbocycles. The molecule has 100 valence electrons. The zero-order chi connectivity index (χ0) is 13.5. The molecule has 0 bridgehead atoms. The van der Waals surface area contributed by atoms with Gasteiger partial charge in [0.1, 0.15) is 5.82 Å². The third kappa shape index (κ3) is 5.05. The lowest BCUT2D eigenvalue weighted by Gasteiger charge is -2.08. The summed E-state index contributed by atoms with van der Waals surface area (Å²) in [6.07, 6.45) is 1.86. The first-order valence-corrected chi connectivity index (χ1v) is 6.67. The third-order valence-electron chi connectivity index (χ3n) is 2.73. The molecule has 1 rings (SSSR count). The van der Waals surface area contributed by atoms with Crippen LogP contribution in [0.4, 0.5) is 4.39 Å². The first kappa shape index (κ1) is 15.0. The van der Waals surface area contributed by atoms with Crippen molar-refractivity contribution in [1.29, 1.82) is 0 Å². The van der Waals surface area contributed by atoms with Gasteiger partial charge >= 0.3 is 0 Å². The average Bonchev–Trinajstić information content (AvgIpc) is 2.32. The van der Waals surface area contributed by atoms with Gasteiger partial charge in [0, 0.05) is 18.0 Å². The van der Waals surface area contributed by atoms with Crippen molar-refractivity contribution in [3.63, 3.8) is 0 Å². The lowest BCUT2D eigenvalue weighted by atomic mass is 10.1. The zero-order valence-corrected chi connectivity index (χ0v) is 11.6. The quantitative estimate of drug-likeness (QED) is 0.622. The van der Waals surface area contributed by atoms with Crippen LogP contribution in [0.5, 0.6) is 0 Å². The summed E-state index contributed by atoms with van der Waals surface area (Å²) in [7, 11) is 0. The molecule has 4 heteroatoms. The molecule has 0 saturated carbocycles. The largest absolute Gasteiger partial charge is 0.352 e. The maximum Gasteiger partial charge on any atom is 0.251 e. The lowest BCUT2D eigenvalue weighted by molar-refractivity contribution is 0.0952. The summed E-state index contributed by atoms with van der Waals surface area (Å²) in [6.45, 7) is 4.43. The van der Waals surface area contributed by atoms with E-state index in [2.05, 4.69) is 12.2 Å². The fourth-order valence-electron chi connectivity index (χ4n) is 1.70. The molecule has 0 spiro atoms. The number of rotatable bonds is 6. The normalized spacial score (nSPS) is 12.2. The van der Waals surface area contributed by atoms with Gasteiger partial charge in [-0.2, -0.15) is 0 Å². The Morgan fingerprint density at radius 3 is 2.78 bits per heavy atom. The first-order chi connectivity index (χ1) is 8.52. The summed E-state index contributed by atoms with van der Waals surface area (Å²) >= 11 is 5.70. The number of aryl methyl sites for hydroxylation is 1. The molecule has 1 amide bonds.